The van der Waals surface area contributed by atoms with Crippen LogP contribution < -0.4 is 9.64 Å². The Labute approximate surface area is 191 Å². The van der Waals surface area contributed by atoms with Crippen LogP contribution in [0.3, 0.4) is 0 Å². The van der Waals surface area contributed by atoms with Gasteiger partial charge in [-0.05, 0) is 36.2 Å². The minimum atomic E-state index is -0.318. The molecule has 162 valence electrons. The van der Waals surface area contributed by atoms with Gasteiger partial charge in [0.05, 0.1) is 5.02 Å². The first-order valence-electron chi connectivity index (χ1n) is 10.1. The summed E-state index contributed by atoms with van der Waals surface area (Å²) < 4.78 is 7.57. The summed E-state index contributed by atoms with van der Waals surface area (Å²) in [6, 6.07) is 11.4. The molecular formula is C22H24ClN5O2S. The quantitative estimate of drug-likeness (QED) is 0.519. The Balaban J connectivity index is 1.22. The molecule has 0 aliphatic carbocycles. The summed E-state index contributed by atoms with van der Waals surface area (Å²) in [6.07, 6.45) is 5.99. The molecule has 2 aromatic heterocycles. The number of pyridine rings is 1. The molecule has 1 aliphatic rings. The third-order valence-electron chi connectivity index (χ3n) is 5.10. The first-order chi connectivity index (χ1) is 15.1. The van der Waals surface area contributed by atoms with Gasteiger partial charge in [-0.1, -0.05) is 35.5 Å². The fraction of sp³-hybridized carbons (Fsp3) is 0.318. The first-order valence-corrected chi connectivity index (χ1v) is 11.5. The number of nitrogens with zero attached hydrogens (tertiary/aromatic N) is 5. The summed E-state index contributed by atoms with van der Waals surface area (Å²) in [6.45, 7) is 2.59. The van der Waals surface area contributed by atoms with Gasteiger partial charge in [-0.3, -0.25) is 0 Å². The monoisotopic (exact) mass is 457 g/mol. The molecule has 1 saturated heterocycles. The van der Waals surface area contributed by atoms with E-state index in [1.54, 1.807) is 29.1 Å². The van der Waals surface area contributed by atoms with E-state index in [-0.39, 0.29) is 6.09 Å². The summed E-state index contributed by atoms with van der Waals surface area (Å²) in [5.74, 6) is 2.37. The number of hydrogen-bond donors (Lipinski definition) is 0. The molecule has 1 fully saturated rings. The summed E-state index contributed by atoms with van der Waals surface area (Å²) in [4.78, 5) is 25.0. The molecule has 1 aromatic carbocycles. The number of amides is 1. The third-order valence-corrected chi connectivity index (χ3v) is 6.38. The predicted octanol–water partition coefficient (Wildman–Crippen LogP) is 4.12. The molecular weight excluding hydrogens is 434 g/mol. The van der Waals surface area contributed by atoms with Crippen LogP contribution in [0.2, 0.25) is 5.02 Å². The van der Waals surface area contributed by atoms with Crippen LogP contribution in [0.5, 0.6) is 5.75 Å². The van der Waals surface area contributed by atoms with E-state index in [9.17, 15) is 4.79 Å². The number of aryl methyl sites for hydroxylation is 2. The number of rotatable bonds is 6. The van der Waals surface area contributed by atoms with Crippen LogP contribution in [-0.4, -0.2) is 57.5 Å². The van der Waals surface area contributed by atoms with Crippen molar-refractivity contribution in [3.8, 4) is 5.75 Å². The highest BCUT2D eigenvalue weighted by molar-refractivity contribution is 7.99. The number of piperazine rings is 1. The van der Waals surface area contributed by atoms with Crippen LogP contribution >= 0.6 is 23.4 Å². The maximum Gasteiger partial charge on any atom is 0.415 e. The average Bonchev–Trinajstić information content (AvgIpc) is 3.20. The van der Waals surface area contributed by atoms with Gasteiger partial charge in [0, 0.05) is 57.6 Å². The predicted molar refractivity (Wildman–Crippen MR) is 123 cm³/mol. The second kappa shape index (κ2) is 10.1. The summed E-state index contributed by atoms with van der Waals surface area (Å²) in [5, 5.41) is 1.63. The number of anilines is 1. The molecule has 31 heavy (non-hydrogen) atoms. The Morgan fingerprint density at radius 3 is 2.52 bits per heavy atom. The van der Waals surface area contributed by atoms with Gasteiger partial charge in [0.2, 0.25) is 0 Å². The maximum absolute atomic E-state index is 12.5. The second-order valence-electron chi connectivity index (χ2n) is 7.24. The number of carbonyl (C=O) groups excluding carboxylic acids is 1. The average molecular weight is 458 g/mol. The molecule has 4 rings (SSSR count). The van der Waals surface area contributed by atoms with Gasteiger partial charge in [-0.2, -0.15) is 0 Å². The third kappa shape index (κ3) is 5.71. The number of benzene rings is 1. The Morgan fingerprint density at radius 2 is 1.87 bits per heavy atom. The lowest BCUT2D eigenvalue weighted by molar-refractivity contribution is 0.149. The molecule has 9 heteroatoms. The molecule has 0 spiro atoms. The topological polar surface area (TPSA) is 63.5 Å². The van der Waals surface area contributed by atoms with E-state index in [1.807, 2.05) is 54.2 Å². The Morgan fingerprint density at radius 1 is 1.10 bits per heavy atom. The highest BCUT2D eigenvalue weighted by Gasteiger charge is 2.23. The molecule has 3 aromatic rings. The van der Waals surface area contributed by atoms with Crippen molar-refractivity contribution in [3.63, 3.8) is 0 Å². The van der Waals surface area contributed by atoms with Gasteiger partial charge < -0.3 is 19.1 Å². The number of thioether (sulfide) groups is 1. The van der Waals surface area contributed by atoms with Crippen LogP contribution in [0.1, 0.15) is 5.56 Å². The lowest BCUT2D eigenvalue weighted by Gasteiger charge is -2.34. The van der Waals surface area contributed by atoms with Gasteiger partial charge in [0.1, 0.15) is 11.6 Å². The molecule has 0 radical (unpaired) electrons. The lowest BCUT2D eigenvalue weighted by atomic mass is 10.2. The molecule has 0 bridgehead atoms. The highest BCUT2D eigenvalue weighted by Crippen LogP contribution is 2.20. The van der Waals surface area contributed by atoms with E-state index in [1.165, 1.54) is 5.56 Å². The van der Waals surface area contributed by atoms with E-state index < -0.39 is 0 Å². The smallest absolute Gasteiger partial charge is 0.410 e. The molecule has 1 aliphatic heterocycles. The molecule has 7 nitrogen and oxygen atoms in total. The van der Waals surface area contributed by atoms with Gasteiger partial charge in [0.15, 0.2) is 5.16 Å². The number of ether oxygens (including phenoxy) is 1. The summed E-state index contributed by atoms with van der Waals surface area (Å²) >= 11 is 7.63. The lowest BCUT2D eigenvalue weighted by Crippen LogP contribution is -2.49. The zero-order valence-corrected chi connectivity index (χ0v) is 18.8. The van der Waals surface area contributed by atoms with Crippen molar-refractivity contribution in [1.82, 2.24) is 19.4 Å². The summed E-state index contributed by atoms with van der Waals surface area (Å²) in [7, 11) is 1.99. The molecule has 0 atom stereocenters. The minimum Gasteiger partial charge on any atom is -0.410 e. The van der Waals surface area contributed by atoms with E-state index in [4.69, 9.17) is 16.3 Å². The normalized spacial score (nSPS) is 14.0. The molecule has 0 unspecified atom stereocenters. The fourth-order valence-electron chi connectivity index (χ4n) is 3.31. The Bertz CT molecular complexity index is 1000. The van der Waals surface area contributed by atoms with Crippen molar-refractivity contribution in [2.24, 2.45) is 7.05 Å². The van der Waals surface area contributed by atoms with Crippen molar-refractivity contribution in [2.45, 2.75) is 11.6 Å². The zero-order valence-electron chi connectivity index (χ0n) is 17.3. The van der Waals surface area contributed by atoms with Gasteiger partial charge in [0.25, 0.3) is 0 Å². The van der Waals surface area contributed by atoms with E-state index in [0.29, 0.717) is 37.0 Å². The van der Waals surface area contributed by atoms with Crippen LogP contribution in [0.15, 0.2) is 60.1 Å². The standard InChI is InChI=1S/C22H24ClN5O2S/c1-26-10-9-24-21(26)31-15-8-17-2-5-19(6-3-17)30-22(29)28-13-11-27(12-14-28)20-7-4-18(23)16-25-20/h2-7,9-10,16H,8,11-15H2,1H3. The van der Waals surface area contributed by atoms with Crippen molar-refractivity contribution in [1.29, 1.82) is 0 Å². The van der Waals surface area contributed by atoms with Crippen molar-refractivity contribution in [2.75, 3.05) is 36.8 Å². The number of imidazole rings is 1. The Hall–Kier alpha value is -2.71. The number of halogens is 1. The van der Waals surface area contributed by atoms with E-state index in [2.05, 4.69) is 14.9 Å². The van der Waals surface area contributed by atoms with Crippen LogP contribution in [0.4, 0.5) is 10.6 Å². The molecule has 3 heterocycles. The SMILES string of the molecule is Cn1ccnc1SCCc1ccc(OC(=O)N2CCN(c3ccc(Cl)cn3)CC2)cc1. The fourth-order valence-corrected chi connectivity index (χ4v) is 4.35. The van der Waals surface area contributed by atoms with Crippen LogP contribution in [-0.2, 0) is 13.5 Å². The zero-order chi connectivity index (χ0) is 21.6. The summed E-state index contributed by atoms with van der Waals surface area (Å²) in [5.41, 5.74) is 1.20. The minimum absolute atomic E-state index is 0.318. The second-order valence-corrected chi connectivity index (χ2v) is 8.74. The van der Waals surface area contributed by atoms with Gasteiger partial charge >= 0.3 is 6.09 Å². The van der Waals surface area contributed by atoms with Crippen molar-refractivity contribution in [3.05, 3.63) is 65.6 Å². The molecule has 1 amide bonds. The van der Waals surface area contributed by atoms with Crippen molar-refractivity contribution < 1.29 is 9.53 Å². The van der Waals surface area contributed by atoms with Gasteiger partial charge in [-0.15, -0.1) is 0 Å². The first kappa shape index (κ1) is 21.5. The van der Waals surface area contributed by atoms with E-state index >= 15 is 0 Å². The Kier molecular flexibility index (Phi) is 6.99. The molecule has 0 N–H and O–H groups in total. The number of carbonyl (C=O) groups is 1. The van der Waals surface area contributed by atoms with Gasteiger partial charge in [-0.25, -0.2) is 14.8 Å². The maximum atomic E-state index is 12.5. The number of hydrogen-bond acceptors (Lipinski definition) is 6. The molecule has 0 saturated carbocycles. The van der Waals surface area contributed by atoms with Crippen molar-refractivity contribution >= 4 is 35.3 Å². The number of aromatic nitrogens is 3. The largest absolute Gasteiger partial charge is 0.415 e. The van der Waals surface area contributed by atoms with Crippen LogP contribution in [0.25, 0.3) is 0 Å². The van der Waals surface area contributed by atoms with E-state index in [0.717, 1.165) is 23.1 Å². The van der Waals surface area contributed by atoms with Crippen LogP contribution in [0, 0.1) is 0 Å². The highest BCUT2D eigenvalue weighted by atomic mass is 35.5.